The smallest absolute Gasteiger partial charge is 0.126 e. The fraction of sp³-hybridized carbons (Fsp3) is 0.200. The summed E-state index contributed by atoms with van der Waals surface area (Å²) in [4.78, 5) is 0. The molecule has 18 heavy (non-hydrogen) atoms. The van der Waals surface area contributed by atoms with E-state index >= 15 is 0 Å². The Morgan fingerprint density at radius 1 is 1.11 bits per heavy atom. The number of ether oxygens (including phenoxy) is 1. The first-order valence-electron chi connectivity index (χ1n) is 5.79. The van der Waals surface area contributed by atoms with Gasteiger partial charge in [-0.1, -0.05) is 23.8 Å². The van der Waals surface area contributed by atoms with Crippen molar-refractivity contribution in [3.8, 4) is 16.9 Å². The average Bonchev–Trinajstić information content (AvgIpc) is 2.38. The van der Waals surface area contributed by atoms with E-state index in [2.05, 4.69) is 0 Å². The van der Waals surface area contributed by atoms with E-state index in [0.717, 1.165) is 22.3 Å². The number of nitrogens with two attached hydrogens (primary N) is 1. The molecule has 0 aromatic heterocycles. The van der Waals surface area contributed by atoms with Gasteiger partial charge >= 0.3 is 0 Å². The van der Waals surface area contributed by atoms with Crippen molar-refractivity contribution in [2.75, 3.05) is 7.11 Å². The molecule has 0 atom stereocenters. The fourth-order valence-electron chi connectivity index (χ4n) is 2.01. The van der Waals surface area contributed by atoms with Gasteiger partial charge in [0.15, 0.2) is 0 Å². The van der Waals surface area contributed by atoms with Crippen LogP contribution < -0.4 is 10.5 Å². The van der Waals surface area contributed by atoms with E-state index < -0.39 is 0 Å². The van der Waals surface area contributed by atoms with Gasteiger partial charge in [0, 0.05) is 12.1 Å². The maximum atomic E-state index is 13.4. The molecule has 0 aliphatic carbocycles. The van der Waals surface area contributed by atoms with Crippen LogP contribution in [0.15, 0.2) is 36.4 Å². The average molecular weight is 245 g/mol. The summed E-state index contributed by atoms with van der Waals surface area (Å²) in [5.74, 6) is 0.368. The van der Waals surface area contributed by atoms with Crippen molar-refractivity contribution in [2.45, 2.75) is 13.5 Å². The molecular formula is C15H16FNO. The van der Waals surface area contributed by atoms with Crippen molar-refractivity contribution in [1.29, 1.82) is 0 Å². The third-order valence-electron chi connectivity index (χ3n) is 2.94. The number of rotatable bonds is 3. The second kappa shape index (κ2) is 5.19. The van der Waals surface area contributed by atoms with E-state index in [1.807, 2.05) is 25.1 Å². The van der Waals surface area contributed by atoms with Crippen LogP contribution in [0.3, 0.4) is 0 Å². The second-order valence-corrected chi connectivity index (χ2v) is 4.21. The lowest BCUT2D eigenvalue weighted by atomic mass is 9.96. The summed E-state index contributed by atoms with van der Waals surface area (Å²) in [6.07, 6.45) is 0. The highest BCUT2D eigenvalue weighted by molar-refractivity contribution is 5.74. The maximum absolute atomic E-state index is 13.4. The zero-order valence-electron chi connectivity index (χ0n) is 10.5. The van der Waals surface area contributed by atoms with Crippen LogP contribution in [-0.2, 0) is 6.54 Å². The largest absolute Gasteiger partial charge is 0.496 e. The molecule has 94 valence electrons. The molecule has 3 heteroatoms. The molecule has 0 spiro atoms. The molecule has 0 aliphatic rings. The molecule has 2 aromatic rings. The minimum atomic E-state index is -0.282. The number of hydrogen-bond donors (Lipinski definition) is 1. The minimum absolute atomic E-state index is 0.282. The van der Waals surface area contributed by atoms with Gasteiger partial charge < -0.3 is 10.5 Å². The number of benzene rings is 2. The van der Waals surface area contributed by atoms with Crippen molar-refractivity contribution in [1.82, 2.24) is 0 Å². The summed E-state index contributed by atoms with van der Waals surface area (Å²) in [5.41, 5.74) is 9.48. The Labute approximate surface area is 106 Å². The minimum Gasteiger partial charge on any atom is -0.496 e. The third kappa shape index (κ3) is 2.36. The van der Waals surface area contributed by atoms with Crippen molar-refractivity contribution in [3.05, 3.63) is 53.3 Å². The summed E-state index contributed by atoms with van der Waals surface area (Å²) >= 11 is 0. The Morgan fingerprint density at radius 3 is 2.56 bits per heavy atom. The van der Waals surface area contributed by atoms with Crippen molar-refractivity contribution in [2.24, 2.45) is 5.73 Å². The highest BCUT2D eigenvalue weighted by Crippen LogP contribution is 2.33. The van der Waals surface area contributed by atoms with Gasteiger partial charge in [-0.05, 0) is 36.2 Å². The van der Waals surface area contributed by atoms with E-state index in [9.17, 15) is 4.39 Å². The van der Waals surface area contributed by atoms with E-state index in [0.29, 0.717) is 12.3 Å². The topological polar surface area (TPSA) is 35.2 Å². The van der Waals surface area contributed by atoms with Crippen LogP contribution in [0.25, 0.3) is 11.1 Å². The molecule has 0 radical (unpaired) electrons. The van der Waals surface area contributed by atoms with Crippen LogP contribution in [0.4, 0.5) is 4.39 Å². The standard InChI is InChI=1S/C15H16FNO/c1-10-3-4-11(9-17)13(7-10)14-8-12(16)5-6-15(14)18-2/h3-8H,9,17H2,1-2H3. The Bertz CT molecular complexity index is 515. The lowest BCUT2D eigenvalue weighted by Gasteiger charge is -2.13. The van der Waals surface area contributed by atoms with Gasteiger partial charge in [0.1, 0.15) is 11.6 Å². The zero-order chi connectivity index (χ0) is 13.1. The predicted octanol–water partition coefficient (Wildman–Crippen LogP) is 3.27. The van der Waals surface area contributed by atoms with Crippen LogP contribution in [0.2, 0.25) is 0 Å². The van der Waals surface area contributed by atoms with Crippen LogP contribution in [0.1, 0.15) is 11.1 Å². The number of halogens is 1. The highest BCUT2D eigenvalue weighted by Gasteiger charge is 2.11. The molecule has 0 fully saturated rings. The quantitative estimate of drug-likeness (QED) is 0.900. The number of hydrogen-bond acceptors (Lipinski definition) is 2. The van der Waals surface area contributed by atoms with Crippen LogP contribution in [0.5, 0.6) is 5.75 Å². The van der Waals surface area contributed by atoms with E-state index in [1.165, 1.54) is 12.1 Å². The molecule has 0 heterocycles. The predicted molar refractivity (Wildman–Crippen MR) is 71.0 cm³/mol. The lowest BCUT2D eigenvalue weighted by molar-refractivity contribution is 0.415. The summed E-state index contributed by atoms with van der Waals surface area (Å²) in [7, 11) is 1.58. The van der Waals surface area contributed by atoms with E-state index in [1.54, 1.807) is 13.2 Å². The maximum Gasteiger partial charge on any atom is 0.126 e. The second-order valence-electron chi connectivity index (χ2n) is 4.21. The molecule has 0 saturated carbocycles. The third-order valence-corrected chi connectivity index (χ3v) is 2.94. The Balaban J connectivity index is 2.67. The first-order chi connectivity index (χ1) is 8.65. The molecule has 2 N–H and O–H groups in total. The first kappa shape index (κ1) is 12.6. The van der Waals surface area contributed by atoms with Crippen molar-refractivity contribution in [3.63, 3.8) is 0 Å². The molecule has 2 aromatic carbocycles. The Hall–Kier alpha value is -1.87. The molecule has 0 amide bonds. The summed E-state index contributed by atoms with van der Waals surface area (Å²) < 4.78 is 18.7. The molecule has 0 saturated heterocycles. The summed E-state index contributed by atoms with van der Waals surface area (Å²) in [6, 6.07) is 10.5. The van der Waals surface area contributed by atoms with Gasteiger partial charge in [0.25, 0.3) is 0 Å². The van der Waals surface area contributed by atoms with Crippen LogP contribution >= 0.6 is 0 Å². The normalized spacial score (nSPS) is 10.4. The highest BCUT2D eigenvalue weighted by atomic mass is 19.1. The molecular weight excluding hydrogens is 229 g/mol. The van der Waals surface area contributed by atoms with Gasteiger partial charge in [0.05, 0.1) is 7.11 Å². The van der Waals surface area contributed by atoms with Gasteiger partial charge in [-0.2, -0.15) is 0 Å². The van der Waals surface area contributed by atoms with Crippen LogP contribution in [0, 0.1) is 12.7 Å². The number of aryl methyl sites for hydroxylation is 1. The molecule has 2 rings (SSSR count). The first-order valence-corrected chi connectivity index (χ1v) is 5.79. The SMILES string of the molecule is COc1ccc(F)cc1-c1cc(C)ccc1CN. The molecule has 0 bridgehead atoms. The fourth-order valence-corrected chi connectivity index (χ4v) is 2.01. The van der Waals surface area contributed by atoms with Crippen LogP contribution in [-0.4, -0.2) is 7.11 Å². The Morgan fingerprint density at radius 2 is 1.89 bits per heavy atom. The van der Waals surface area contributed by atoms with Gasteiger partial charge in [-0.25, -0.2) is 4.39 Å². The lowest BCUT2D eigenvalue weighted by Crippen LogP contribution is -2.00. The summed E-state index contributed by atoms with van der Waals surface area (Å²) in [6.45, 7) is 2.41. The van der Waals surface area contributed by atoms with Gasteiger partial charge in [0.2, 0.25) is 0 Å². The van der Waals surface area contributed by atoms with Crippen molar-refractivity contribution < 1.29 is 9.13 Å². The molecule has 0 unspecified atom stereocenters. The van der Waals surface area contributed by atoms with Gasteiger partial charge in [-0.3, -0.25) is 0 Å². The van der Waals surface area contributed by atoms with E-state index in [-0.39, 0.29) is 5.82 Å². The Kier molecular flexibility index (Phi) is 3.63. The van der Waals surface area contributed by atoms with Crippen molar-refractivity contribution >= 4 is 0 Å². The van der Waals surface area contributed by atoms with Gasteiger partial charge in [-0.15, -0.1) is 0 Å². The zero-order valence-corrected chi connectivity index (χ0v) is 10.5. The molecule has 2 nitrogen and oxygen atoms in total. The van der Waals surface area contributed by atoms with E-state index in [4.69, 9.17) is 10.5 Å². The summed E-state index contributed by atoms with van der Waals surface area (Å²) in [5, 5.41) is 0. The number of methoxy groups -OCH3 is 1. The monoisotopic (exact) mass is 245 g/mol. The molecule has 0 aliphatic heterocycles.